The van der Waals surface area contributed by atoms with Gasteiger partial charge >= 0.3 is 35.9 Å². The second-order valence-corrected chi connectivity index (χ2v) is 20.8. The van der Waals surface area contributed by atoms with Gasteiger partial charge in [-0.2, -0.15) is 0 Å². The molecule has 0 bridgehead atoms. The second-order valence-electron chi connectivity index (χ2n) is 19.2. The van der Waals surface area contributed by atoms with Crippen molar-refractivity contribution in [3.63, 3.8) is 0 Å². The molecule has 0 fully saturated rings. The van der Waals surface area contributed by atoms with Gasteiger partial charge in [-0.15, -0.1) is 28.1 Å². The van der Waals surface area contributed by atoms with Crippen LogP contribution in [0.15, 0.2) is 176 Å². The van der Waals surface area contributed by atoms with Crippen LogP contribution in [0.4, 0.5) is 55.6 Å². The van der Waals surface area contributed by atoms with Crippen molar-refractivity contribution in [1.82, 2.24) is 29.9 Å². The first kappa shape index (κ1) is 75.6. The number of ether oxygens (including phenoxy) is 2. The molecule has 0 radical (unpaired) electrons. The van der Waals surface area contributed by atoms with Gasteiger partial charge in [-0.3, -0.25) is 9.80 Å². The van der Waals surface area contributed by atoms with Gasteiger partial charge < -0.3 is 46.7 Å². The SMILES string of the molecule is CNc1cc(Cl)ncn1.CNc1cc(N(C)C(=O)Nc2cc(C(=O)O)ccc2C)ncn1.Cc1ccc(C(=O)O)cc1N.Cc1ccc(C(=O)OCc2ccccc2)cc1N=O.Cc1ccc(C(=O)OCc2ccccc2)cc1NC(=O)N(C)c1cc(Cl)ncn1.ClCCl. The number of carboxylic acids is 2. The molecule has 0 aliphatic rings. The highest BCUT2D eigenvalue weighted by Crippen LogP contribution is 2.24. The van der Waals surface area contributed by atoms with Gasteiger partial charge in [0.1, 0.15) is 71.5 Å². The van der Waals surface area contributed by atoms with Gasteiger partial charge in [0.25, 0.3) is 0 Å². The quantitative estimate of drug-likeness (QED) is 0.0165. The van der Waals surface area contributed by atoms with Crippen LogP contribution in [0, 0.1) is 32.6 Å². The number of carbonyl (C=O) groups is 6. The van der Waals surface area contributed by atoms with Crippen LogP contribution in [0.2, 0.25) is 10.3 Å². The zero-order valence-electron chi connectivity index (χ0n) is 52.0. The minimum atomic E-state index is -1.05. The largest absolute Gasteiger partial charge is 0.478 e. The lowest BCUT2D eigenvalue weighted by Crippen LogP contribution is -2.32. The lowest BCUT2D eigenvalue weighted by molar-refractivity contribution is 0.0464. The number of aryl methyl sites for hydroxylation is 4. The molecule has 8 N–H and O–H groups in total. The molecule has 3 heterocycles. The van der Waals surface area contributed by atoms with Gasteiger partial charge in [0.15, 0.2) is 0 Å². The molecule has 4 amide bonds. The number of esters is 2. The van der Waals surface area contributed by atoms with Gasteiger partial charge in [0.05, 0.1) is 27.6 Å². The first-order valence-electron chi connectivity index (χ1n) is 27.7. The van der Waals surface area contributed by atoms with Crippen molar-refractivity contribution in [2.24, 2.45) is 5.18 Å². The van der Waals surface area contributed by atoms with Crippen molar-refractivity contribution >= 4 is 128 Å². The predicted octanol–water partition coefficient (Wildman–Crippen LogP) is 14.3. The van der Waals surface area contributed by atoms with Gasteiger partial charge in [0, 0.05) is 63.5 Å². The van der Waals surface area contributed by atoms with Gasteiger partial charge in [-0.1, -0.05) is 108 Å². The lowest BCUT2D eigenvalue weighted by Gasteiger charge is -2.18. The number of carbonyl (C=O) groups excluding carboxylic acids is 4. The van der Waals surface area contributed by atoms with Gasteiger partial charge in [0.2, 0.25) is 0 Å². The summed E-state index contributed by atoms with van der Waals surface area (Å²) in [5.74, 6) is -0.866. The summed E-state index contributed by atoms with van der Waals surface area (Å²) in [7, 11) is 6.61. The number of carboxylic acid groups (broad SMARTS) is 2. The van der Waals surface area contributed by atoms with E-state index in [-0.39, 0.29) is 40.5 Å². The fourth-order valence-electron chi connectivity index (χ4n) is 7.25. The summed E-state index contributed by atoms with van der Waals surface area (Å²) < 4.78 is 10.5. The molecule has 29 heteroatoms. The minimum Gasteiger partial charge on any atom is -0.478 e. The number of benzene rings is 6. The number of aromatic nitrogens is 6. The number of rotatable bonds is 15. The van der Waals surface area contributed by atoms with Crippen LogP contribution in [0.1, 0.15) is 74.8 Å². The van der Waals surface area contributed by atoms with Crippen LogP contribution in [-0.2, 0) is 22.7 Å². The number of nitrogens with one attached hydrogen (secondary N) is 4. The molecular weight excluding hydrogens is 1290 g/mol. The van der Waals surface area contributed by atoms with Crippen molar-refractivity contribution in [1.29, 1.82) is 0 Å². The van der Waals surface area contributed by atoms with Gasteiger partial charge in [-0.05, 0) is 115 Å². The molecule has 0 unspecified atom stereocenters. The summed E-state index contributed by atoms with van der Waals surface area (Å²) in [6, 6.07) is 41.7. The Morgan fingerprint density at radius 2 is 0.883 bits per heavy atom. The van der Waals surface area contributed by atoms with E-state index in [1.807, 2.05) is 74.5 Å². The zero-order chi connectivity index (χ0) is 69.3. The molecule has 25 nitrogen and oxygen atoms in total. The van der Waals surface area contributed by atoms with Crippen molar-refractivity contribution in [2.45, 2.75) is 40.9 Å². The smallest absolute Gasteiger partial charge is 0.338 e. The number of amides is 4. The summed E-state index contributed by atoms with van der Waals surface area (Å²) in [6.45, 7) is 7.59. The molecule has 9 aromatic rings. The van der Waals surface area contributed by atoms with E-state index in [1.54, 1.807) is 96.6 Å². The van der Waals surface area contributed by atoms with Crippen molar-refractivity contribution in [3.8, 4) is 0 Å². The Kier molecular flexibility index (Phi) is 31.7. The van der Waals surface area contributed by atoms with Crippen LogP contribution in [0.5, 0.6) is 0 Å². The van der Waals surface area contributed by atoms with E-state index in [9.17, 15) is 33.7 Å². The number of nitroso groups, excluding NO2 is 1. The van der Waals surface area contributed by atoms with Gasteiger partial charge in [-0.25, -0.2) is 58.7 Å². The minimum absolute atomic E-state index is 0.105. The number of nitrogens with two attached hydrogens (primary N) is 1. The highest BCUT2D eigenvalue weighted by molar-refractivity contribution is 6.40. The number of nitrogens with zero attached hydrogens (tertiary/aromatic N) is 9. The molecule has 0 aliphatic heterocycles. The molecule has 0 aliphatic carbocycles. The molecular formula is C65H66Cl4N14O11. The molecule has 9 rings (SSSR count). The maximum Gasteiger partial charge on any atom is 0.338 e. The number of hydrogen-bond acceptors (Lipinski definition) is 19. The first-order valence-corrected chi connectivity index (χ1v) is 29.5. The number of alkyl halides is 2. The monoisotopic (exact) mass is 1360 g/mol. The highest BCUT2D eigenvalue weighted by atomic mass is 35.5. The Morgan fingerprint density at radius 3 is 1.31 bits per heavy atom. The van der Waals surface area contributed by atoms with E-state index in [0.717, 1.165) is 39.2 Å². The Hall–Kier alpha value is -10.9. The van der Waals surface area contributed by atoms with E-state index in [1.165, 1.54) is 65.2 Å². The third-order valence-electron chi connectivity index (χ3n) is 12.7. The molecule has 490 valence electrons. The van der Waals surface area contributed by atoms with Crippen molar-refractivity contribution < 1.29 is 48.5 Å². The molecule has 3 aromatic heterocycles. The number of hydrogen-bond donors (Lipinski definition) is 7. The summed E-state index contributed by atoms with van der Waals surface area (Å²) in [5, 5.41) is 32.5. The normalized spacial score (nSPS) is 9.83. The number of nitrogen functional groups attached to an aromatic ring is 1. The van der Waals surface area contributed by atoms with Crippen LogP contribution < -0.4 is 36.8 Å². The Labute approximate surface area is 561 Å². The first-order chi connectivity index (χ1) is 44.9. The van der Waals surface area contributed by atoms with E-state index in [4.69, 9.17) is 71.8 Å². The average Bonchev–Trinajstić information content (AvgIpc) is 0.909. The summed E-state index contributed by atoms with van der Waals surface area (Å²) in [4.78, 5) is 107. The Bertz CT molecular complexity index is 4010. The van der Waals surface area contributed by atoms with Crippen molar-refractivity contribution in [3.05, 3.63) is 241 Å². The maximum atomic E-state index is 12.6. The molecule has 0 saturated carbocycles. The molecule has 6 aromatic carbocycles. The lowest BCUT2D eigenvalue weighted by atomic mass is 10.1. The molecule has 0 saturated heterocycles. The van der Waals surface area contributed by atoms with Crippen LogP contribution in [0.25, 0.3) is 0 Å². The Morgan fingerprint density at radius 1 is 0.500 bits per heavy atom. The summed E-state index contributed by atoms with van der Waals surface area (Å²) in [6.07, 6.45) is 4.03. The Balaban J connectivity index is 0.000000260. The fourth-order valence-corrected chi connectivity index (χ4v) is 7.53. The number of urea groups is 2. The van der Waals surface area contributed by atoms with Crippen LogP contribution in [-0.4, -0.2) is 110 Å². The van der Waals surface area contributed by atoms with Crippen LogP contribution in [0.3, 0.4) is 0 Å². The maximum absolute atomic E-state index is 12.6. The number of halogens is 4. The topological polar surface area (TPSA) is 349 Å². The third kappa shape index (κ3) is 25.4. The van der Waals surface area contributed by atoms with E-state index in [2.05, 4.69) is 56.3 Å². The molecule has 94 heavy (non-hydrogen) atoms. The predicted molar refractivity (Wildman–Crippen MR) is 366 cm³/mol. The standard InChI is InChI=1S/C21H19ClN4O3.C15H17N5O3.C15H13NO3.C8H9NO2.C5H6ClN3.CH2Cl2/c1-14-8-9-16(20(27)29-12-15-6-4-3-5-7-15)10-17(14)25-21(28)26(2)19-11-18(22)23-13-24-19;1-9-4-5-10(14(21)22)6-11(9)19-15(23)20(3)13-7-12(16-2)17-8-18-13;1-11-7-8-13(9-14(11)16-18)15(17)19-10-12-5-3-2-4-6-12;1-5-2-3-6(8(10)11)4-7(5)9;1-7-5-2-4(6)8-3-9-5;2-1-3/h3-11,13H,12H2,1-2H3,(H,25,28);4-8H,1-3H3,(H,19,23)(H,21,22)(H,16,17,18);2-9H,10H2,1H3;2-4H,9H2,1H3,(H,10,11);2-3H,1H3,(H,7,8,9);1H2. The third-order valence-corrected chi connectivity index (χ3v) is 13.1. The summed E-state index contributed by atoms with van der Waals surface area (Å²) >= 11 is 20.9. The highest BCUT2D eigenvalue weighted by Gasteiger charge is 2.18. The molecule has 0 spiro atoms. The fraction of sp³-hybridized carbons (Fsp3) is 0.169. The second kappa shape index (κ2) is 39.4. The average molecular weight is 1360 g/mol. The molecule has 0 atom stereocenters. The zero-order valence-corrected chi connectivity index (χ0v) is 55.0. The van der Waals surface area contributed by atoms with E-state index in [0.29, 0.717) is 50.8 Å². The number of aromatic carboxylic acids is 2. The van der Waals surface area contributed by atoms with E-state index >= 15 is 0 Å². The van der Waals surface area contributed by atoms with Crippen molar-refractivity contribution in [2.75, 3.05) is 70.3 Å². The number of anilines is 7. The van der Waals surface area contributed by atoms with E-state index < -0.39 is 35.9 Å². The van der Waals surface area contributed by atoms with Crippen LogP contribution >= 0.6 is 46.4 Å². The summed E-state index contributed by atoms with van der Waals surface area (Å²) in [5.41, 5.74) is 13.2.